The molecule has 0 aromatic heterocycles. The highest BCUT2D eigenvalue weighted by molar-refractivity contribution is 7.92. The summed E-state index contributed by atoms with van der Waals surface area (Å²) in [5, 5.41) is 2.72. The zero-order chi connectivity index (χ0) is 23.2. The van der Waals surface area contributed by atoms with E-state index in [-0.39, 0.29) is 28.2 Å². The highest BCUT2D eigenvalue weighted by Gasteiger charge is 2.30. The molecule has 0 saturated carbocycles. The molecular weight excluding hydrogens is 461 g/mol. The van der Waals surface area contributed by atoms with Crippen molar-refractivity contribution in [1.82, 2.24) is 10.2 Å². The first-order valence-electron chi connectivity index (χ1n) is 9.53. The Labute approximate surface area is 193 Å². The fraction of sp³-hybridized carbons (Fsp3) is 0.333. The zero-order valence-corrected chi connectivity index (χ0v) is 19.8. The second-order valence-electron chi connectivity index (χ2n) is 6.96. The van der Waals surface area contributed by atoms with E-state index in [0.717, 1.165) is 16.1 Å². The Hall–Kier alpha value is -2.29. The third-order valence-electron chi connectivity index (χ3n) is 4.78. The molecular formula is C21H25Cl2N3O4S. The van der Waals surface area contributed by atoms with Gasteiger partial charge in [-0.1, -0.05) is 59.6 Å². The second kappa shape index (κ2) is 10.8. The number of likely N-dealkylation sites (N-methyl/N-ethyl adjacent to an activating group) is 1. The molecule has 2 aromatic carbocycles. The van der Waals surface area contributed by atoms with Gasteiger partial charge >= 0.3 is 0 Å². The average Bonchev–Trinajstić information content (AvgIpc) is 2.73. The summed E-state index contributed by atoms with van der Waals surface area (Å²) < 4.78 is 25.8. The van der Waals surface area contributed by atoms with Crippen LogP contribution in [-0.2, 0) is 26.0 Å². The smallest absolute Gasteiger partial charge is 0.244 e. The quantitative estimate of drug-likeness (QED) is 0.591. The monoisotopic (exact) mass is 485 g/mol. The third kappa shape index (κ3) is 6.59. The maximum absolute atomic E-state index is 13.2. The van der Waals surface area contributed by atoms with E-state index < -0.39 is 28.5 Å². The summed E-state index contributed by atoms with van der Waals surface area (Å²) in [5.41, 5.74) is 1.09. The number of hydrogen-bond acceptors (Lipinski definition) is 4. The van der Waals surface area contributed by atoms with Crippen molar-refractivity contribution in [3.05, 3.63) is 64.1 Å². The molecule has 10 heteroatoms. The van der Waals surface area contributed by atoms with E-state index in [1.807, 2.05) is 30.3 Å². The molecule has 0 aliphatic heterocycles. The lowest BCUT2D eigenvalue weighted by molar-refractivity contribution is -0.138. The second-order valence-corrected chi connectivity index (χ2v) is 9.65. The first-order valence-corrected chi connectivity index (χ1v) is 12.1. The summed E-state index contributed by atoms with van der Waals surface area (Å²) in [6, 6.07) is 13.2. The fourth-order valence-electron chi connectivity index (χ4n) is 3.06. The first kappa shape index (κ1) is 25.0. The van der Waals surface area contributed by atoms with Crippen LogP contribution >= 0.6 is 23.2 Å². The van der Waals surface area contributed by atoms with Gasteiger partial charge in [-0.3, -0.25) is 13.9 Å². The number of amides is 2. The molecule has 0 aliphatic rings. The van der Waals surface area contributed by atoms with E-state index in [4.69, 9.17) is 23.2 Å². The van der Waals surface area contributed by atoms with E-state index in [2.05, 4.69) is 5.32 Å². The van der Waals surface area contributed by atoms with Gasteiger partial charge in [-0.25, -0.2) is 8.42 Å². The van der Waals surface area contributed by atoms with E-state index in [1.165, 1.54) is 24.1 Å². The van der Waals surface area contributed by atoms with Crippen LogP contribution in [0, 0.1) is 0 Å². The van der Waals surface area contributed by atoms with Crippen LogP contribution in [0.2, 0.25) is 10.0 Å². The van der Waals surface area contributed by atoms with Gasteiger partial charge in [0.25, 0.3) is 0 Å². The van der Waals surface area contributed by atoms with Crippen LogP contribution in [0.25, 0.3) is 0 Å². The van der Waals surface area contributed by atoms with Gasteiger partial charge in [-0.15, -0.1) is 0 Å². The normalized spacial score (nSPS) is 12.2. The summed E-state index contributed by atoms with van der Waals surface area (Å²) in [7, 11) is -2.38. The maximum Gasteiger partial charge on any atom is 0.244 e. The highest BCUT2D eigenvalue weighted by Crippen LogP contribution is 2.33. The number of halogens is 2. The zero-order valence-electron chi connectivity index (χ0n) is 17.5. The van der Waals surface area contributed by atoms with Crippen molar-refractivity contribution in [1.29, 1.82) is 0 Å². The molecule has 1 atom stereocenters. The molecule has 0 heterocycles. The summed E-state index contributed by atoms with van der Waals surface area (Å²) >= 11 is 12.2. The molecule has 168 valence electrons. The minimum Gasteiger partial charge on any atom is -0.357 e. The van der Waals surface area contributed by atoms with Crippen molar-refractivity contribution in [3.63, 3.8) is 0 Å². The Morgan fingerprint density at radius 1 is 1.06 bits per heavy atom. The van der Waals surface area contributed by atoms with Gasteiger partial charge in [0.15, 0.2) is 0 Å². The molecule has 1 N–H and O–H groups in total. The van der Waals surface area contributed by atoms with Gasteiger partial charge in [0.2, 0.25) is 21.8 Å². The van der Waals surface area contributed by atoms with Crippen LogP contribution in [0.4, 0.5) is 5.69 Å². The Balaban J connectivity index is 2.34. The van der Waals surface area contributed by atoms with Gasteiger partial charge in [0.1, 0.15) is 12.6 Å². The van der Waals surface area contributed by atoms with Crippen molar-refractivity contribution < 1.29 is 18.0 Å². The predicted molar refractivity (Wildman–Crippen MR) is 124 cm³/mol. The van der Waals surface area contributed by atoms with Crippen molar-refractivity contribution in [2.24, 2.45) is 0 Å². The molecule has 7 nitrogen and oxygen atoms in total. The number of nitrogens with zero attached hydrogens (tertiary/aromatic N) is 2. The van der Waals surface area contributed by atoms with E-state index in [9.17, 15) is 18.0 Å². The number of anilines is 1. The van der Waals surface area contributed by atoms with E-state index in [1.54, 1.807) is 13.0 Å². The van der Waals surface area contributed by atoms with Crippen LogP contribution in [0.3, 0.4) is 0 Å². The van der Waals surface area contributed by atoms with Crippen LogP contribution < -0.4 is 9.62 Å². The SMILES string of the molecule is CNC(=O)[C@@H](C)N(CCc1ccccc1)C(=O)CN(c1cccc(Cl)c1Cl)S(C)(=O)=O. The molecule has 2 aromatic rings. The van der Waals surface area contributed by atoms with E-state index in [0.29, 0.717) is 6.42 Å². The van der Waals surface area contributed by atoms with Gasteiger partial charge in [0.05, 0.1) is 22.0 Å². The number of nitrogens with one attached hydrogen (secondary N) is 1. The standard InChI is InChI=1S/C21H25Cl2N3O4S/c1-15(21(28)24-2)25(13-12-16-8-5-4-6-9-16)19(27)14-26(31(3,29)30)18-11-7-10-17(22)20(18)23/h4-11,15H,12-14H2,1-3H3,(H,24,28)/t15-/m1/s1. The van der Waals surface area contributed by atoms with Crippen LogP contribution in [0.1, 0.15) is 12.5 Å². The molecule has 0 unspecified atom stereocenters. The molecule has 2 amide bonds. The van der Waals surface area contributed by atoms with E-state index >= 15 is 0 Å². The molecule has 0 saturated heterocycles. The minimum absolute atomic E-state index is 0.0255. The number of hydrogen-bond donors (Lipinski definition) is 1. The lowest BCUT2D eigenvalue weighted by Gasteiger charge is -2.31. The molecule has 31 heavy (non-hydrogen) atoms. The lowest BCUT2D eigenvalue weighted by Crippen LogP contribution is -2.51. The largest absolute Gasteiger partial charge is 0.357 e. The molecule has 0 bridgehead atoms. The average molecular weight is 486 g/mol. The van der Waals surface area contributed by atoms with Gasteiger partial charge in [-0.2, -0.15) is 0 Å². The van der Waals surface area contributed by atoms with Gasteiger partial charge in [0, 0.05) is 13.6 Å². The third-order valence-corrected chi connectivity index (χ3v) is 6.71. The Morgan fingerprint density at radius 2 is 1.71 bits per heavy atom. The van der Waals surface area contributed by atoms with Crippen molar-refractivity contribution in [3.8, 4) is 0 Å². The van der Waals surface area contributed by atoms with Crippen LogP contribution in [-0.4, -0.2) is 57.6 Å². The number of carbonyl (C=O) groups excluding carboxylic acids is 2. The maximum atomic E-state index is 13.2. The first-order chi connectivity index (χ1) is 14.6. The van der Waals surface area contributed by atoms with Gasteiger partial charge < -0.3 is 10.2 Å². The molecule has 0 spiro atoms. The van der Waals surface area contributed by atoms with Crippen molar-refractivity contribution in [2.45, 2.75) is 19.4 Å². The van der Waals surface area contributed by atoms with Crippen molar-refractivity contribution in [2.75, 3.05) is 30.7 Å². The number of benzene rings is 2. The molecule has 0 aliphatic carbocycles. The molecule has 0 radical (unpaired) electrons. The summed E-state index contributed by atoms with van der Waals surface area (Å²) in [4.78, 5) is 26.8. The molecule has 0 fully saturated rings. The van der Waals surface area contributed by atoms with Crippen LogP contribution in [0.5, 0.6) is 0 Å². The minimum atomic E-state index is -3.86. The Bertz CT molecular complexity index is 1030. The molecule has 2 rings (SSSR count). The Morgan fingerprint density at radius 3 is 2.29 bits per heavy atom. The van der Waals surface area contributed by atoms with Crippen molar-refractivity contribution >= 4 is 50.7 Å². The number of sulfonamides is 1. The summed E-state index contributed by atoms with van der Waals surface area (Å²) in [6.45, 7) is 1.31. The predicted octanol–water partition coefficient (Wildman–Crippen LogP) is 2.97. The topological polar surface area (TPSA) is 86.8 Å². The number of rotatable bonds is 9. The Kier molecular flexibility index (Phi) is 8.73. The summed E-state index contributed by atoms with van der Waals surface area (Å²) in [6.07, 6.45) is 1.48. The van der Waals surface area contributed by atoms with Gasteiger partial charge in [-0.05, 0) is 31.0 Å². The number of carbonyl (C=O) groups is 2. The summed E-state index contributed by atoms with van der Waals surface area (Å²) in [5.74, 6) is -0.887. The lowest BCUT2D eigenvalue weighted by atomic mass is 10.1. The van der Waals surface area contributed by atoms with Crippen LogP contribution in [0.15, 0.2) is 48.5 Å². The fourth-order valence-corrected chi connectivity index (χ4v) is 4.36. The highest BCUT2D eigenvalue weighted by atomic mass is 35.5.